The van der Waals surface area contributed by atoms with Crippen LogP contribution in [0.2, 0.25) is 0 Å². The molecule has 2 N–H and O–H groups in total. The number of carboxylic acids is 1. The normalized spacial score (nSPS) is 25.8. The molecule has 5 nitrogen and oxygen atoms in total. The molecule has 0 aromatic heterocycles. The molecule has 0 saturated heterocycles. The maximum absolute atomic E-state index is 11.4. The summed E-state index contributed by atoms with van der Waals surface area (Å²) >= 11 is 0. The molecule has 2 atom stereocenters. The van der Waals surface area contributed by atoms with Gasteiger partial charge in [-0.15, -0.1) is 0 Å². The van der Waals surface area contributed by atoms with E-state index < -0.39 is 16.0 Å². The van der Waals surface area contributed by atoms with Gasteiger partial charge in [-0.3, -0.25) is 4.79 Å². The van der Waals surface area contributed by atoms with Gasteiger partial charge in [-0.1, -0.05) is 13.3 Å². The molecule has 0 radical (unpaired) electrons. The predicted octanol–water partition coefficient (Wildman–Crippen LogP) is 0.817. The van der Waals surface area contributed by atoms with E-state index >= 15 is 0 Å². The van der Waals surface area contributed by atoms with Crippen molar-refractivity contribution in [1.82, 2.24) is 4.72 Å². The summed E-state index contributed by atoms with van der Waals surface area (Å²) < 4.78 is 25.3. The predicted molar refractivity (Wildman–Crippen MR) is 60.5 cm³/mol. The highest BCUT2D eigenvalue weighted by atomic mass is 32.2. The Hall–Kier alpha value is -0.620. The van der Waals surface area contributed by atoms with E-state index in [1.807, 2.05) is 0 Å². The van der Waals surface area contributed by atoms with E-state index in [2.05, 4.69) is 11.6 Å². The average Bonchev–Trinajstić information content (AvgIpc) is 2.59. The van der Waals surface area contributed by atoms with Gasteiger partial charge in [0.2, 0.25) is 10.0 Å². The van der Waals surface area contributed by atoms with Crippen LogP contribution in [0.1, 0.15) is 32.6 Å². The highest BCUT2D eigenvalue weighted by Gasteiger charge is 2.23. The fourth-order valence-electron chi connectivity index (χ4n) is 2.05. The minimum atomic E-state index is -3.41. The Balaban J connectivity index is 2.28. The van der Waals surface area contributed by atoms with Crippen molar-refractivity contribution in [3.63, 3.8) is 0 Å². The minimum absolute atomic E-state index is 0.329. The van der Waals surface area contributed by atoms with Crippen molar-refractivity contribution < 1.29 is 18.3 Å². The van der Waals surface area contributed by atoms with E-state index in [1.165, 1.54) is 0 Å². The fraction of sp³-hybridized carbons (Fsp3) is 0.900. The first-order valence-electron chi connectivity index (χ1n) is 5.58. The lowest BCUT2D eigenvalue weighted by Gasteiger charge is -2.10. The number of rotatable bonds is 6. The molecule has 0 aromatic rings. The van der Waals surface area contributed by atoms with Gasteiger partial charge in [-0.25, -0.2) is 13.1 Å². The molecular weight excluding hydrogens is 230 g/mol. The van der Waals surface area contributed by atoms with E-state index in [1.54, 1.807) is 0 Å². The van der Waals surface area contributed by atoms with Crippen molar-refractivity contribution in [2.75, 3.05) is 12.3 Å². The molecule has 0 spiro atoms. The summed E-state index contributed by atoms with van der Waals surface area (Å²) in [5.74, 6) is -0.326. The second kappa shape index (κ2) is 5.63. The molecule has 1 aliphatic carbocycles. The van der Waals surface area contributed by atoms with Gasteiger partial charge in [0, 0.05) is 6.54 Å². The number of hydrogen-bond donors (Lipinski definition) is 2. The second-order valence-corrected chi connectivity index (χ2v) is 6.52. The molecule has 94 valence electrons. The molecule has 2 unspecified atom stereocenters. The summed E-state index contributed by atoms with van der Waals surface area (Å²) in [7, 11) is -3.41. The molecule has 1 saturated carbocycles. The van der Waals surface area contributed by atoms with Gasteiger partial charge in [-0.05, 0) is 24.7 Å². The lowest BCUT2D eigenvalue weighted by Crippen LogP contribution is -2.31. The molecule has 1 rings (SSSR count). The van der Waals surface area contributed by atoms with Crippen molar-refractivity contribution in [1.29, 1.82) is 0 Å². The fourth-order valence-corrected chi connectivity index (χ4v) is 3.13. The van der Waals surface area contributed by atoms with E-state index in [4.69, 9.17) is 5.11 Å². The van der Waals surface area contributed by atoms with E-state index in [-0.39, 0.29) is 12.2 Å². The lowest BCUT2D eigenvalue weighted by molar-refractivity contribution is -0.136. The number of hydrogen-bond acceptors (Lipinski definition) is 3. The van der Waals surface area contributed by atoms with Crippen LogP contribution in [-0.4, -0.2) is 31.8 Å². The third-order valence-electron chi connectivity index (χ3n) is 2.98. The number of carbonyl (C=O) groups is 1. The van der Waals surface area contributed by atoms with Crippen LogP contribution in [0.25, 0.3) is 0 Å². The van der Waals surface area contributed by atoms with Crippen LogP contribution in [0.3, 0.4) is 0 Å². The summed E-state index contributed by atoms with van der Waals surface area (Å²) in [5, 5.41) is 8.40. The lowest BCUT2D eigenvalue weighted by atomic mass is 10.1. The maximum atomic E-state index is 11.4. The Labute approximate surface area is 96.3 Å². The van der Waals surface area contributed by atoms with Gasteiger partial charge >= 0.3 is 5.97 Å². The standard InChI is InChI=1S/C10H19NO4S/c1-8-2-3-9(6-8)7-11-16(14,15)5-4-10(12)13/h8-9,11H,2-7H2,1H3,(H,12,13). The monoisotopic (exact) mass is 249 g/mol. The maximum Gasteiger partial charge on any atom is 0.304 e. The van der Waals surface area contributed by atoms with Gasteiger partial charge in [-0.2, -0.15) is 0 Å². The molecule has 1 aliphatic rings. The van der Waals surface area contributed by atoms with Crippen LogP contribution < -0.4 is 4.72 Å². The zero-order chi connectivity index (χ0) is 12.2. The molecule has 1 fully saturated rings. The Morgan fingerprint density at radius 3 is 2.62 bits per heavy atom. The van der Waals surface area contributed by atoms with Gasteiger partial charge in [0.15, 0.2) is 0 Å². The number of nitrogens with one attached hydrogen (secondary N) is 1. The van der Waals surface area contributed by atoms with Gasteiger partial charge in [0.25, 0.3) is 0 Å². The molecule has 0 heterocycles. The second-order valence-electron chi connectivity index (χ2n) is 4.60. The summed E-state index contributed by atoms with van der Waals surface area (Å²) in [6, 6.07) is 0. The van der Waals surface area contributed by atoms with Crippen LogP contribution in [0.4, 0.5) is 0 Å². The van der Waals surface area contributed by atoms with Gasteiger partial charge in [0.1, 0.15) is 0 Å². The van der Waals surface area contributed by atoms with Crippen molar-refractivity contribution in [2.45, 2.75) is 32.6 Å². The average molecular weight is 249 g/mol. The minimum Gasteiger partial charge on any atom is -0.481 e. The van der Waals surface area contributed by atoms with Crippen LogP contribution in [0, 0.1) is 11.8 Å². The molecule has 0 aliphatic heterocycles. The van der Waals surface area contributed by atoms with E-state index in [0.29, 0.717) is 18.4 Å². The molecule has 16 heavy (non-hydrogen) atoms. The molecule has 6 heteroatoms. The highest BCUT2D eigenvalue weighted by Crippen LogP contribution is 2.29. The third-order valence-corrected chi connectivity index (χ3v) is 4.33. The van der Waals surface area contributed by atoms with Crippen molar-refractivity contribution >= 4 is 16.0 Å². The van der Waals surface area contributed by atoms with Gasteiger partial charge < -0.3 is 5.11 Å². The largest absolute Gasteiger partial charge is 0.481 e. The number of sulfonamides is 1. The highest BCUT2D eigenvalue weighted by molar-refractivity contribution is 7.89. The number of aliphatic carboxylic acids is 1. The molecule has 0 aromatic carbocycles. The van der Waals surface area contributed by atoms with Crippen molar-refractivity contribution in [3.05, 3.63) is 0 Å². The topological polar surface area (TPSA) is 83.5 Å². The number of carboxylic acid groups (broad SMARTS) is 1. The van der Waals surface area contributed by atoms with E-state index in [0.717, 1.165) is 19.3 Å². The SMILES string of the molecule is CC1CCC(CNS(=O)(=O)CCC(=O)O)C1. The van der Waals surface area contributed by atoms with Crippen LogP contribution >= 0.6 is 0 Å². The zero-order valence-electron chi connectivity index (χ0n) is 9.48. The summed E-state index contributed by atoms with van der Waals surface area (Å²) in [4.78, 5) is 10.3. The summed E-state index contributed by atoms with van der Waals surface area (Å²) in [6.45, 7) is 2.62. The molecule has 0 bridgehead atoms. The Morgan fingerprint density at radius 2 is 2.12 bits per heavy atom. The molecular formula is C10H19NO4S. The van der Waals surface area contributed by atoms with Crippen LogP contribution in [0.15, 0.2) is 0 Å². The smallest absolute Gasteiger partial charge is 0.304 e. The first-order valence-corrected chi connectivity index (χ1v) is 7.23. The third kappa shape index (κ3) is 4.94. The zero-order valence-corrected chi connectivity index (χ0v) is 10.3. The first-order chi connectivity index (χ1) is 7.39. The van der Waals surface area contributed by atoms with Crippen molar-refractivity contribution in [2.24, 2.45) is 11.8 Å². The summed E-state index contributed by atoms with van der Waals surface area (Å²) in [6.07, 6.45) is 2.93. The Bertz CT molecular complexity index is 339. The quantitative estimate of drug-likeness (QED) is 0.730. The Kier molecular flexibility index (Phi) is 4.73. The molecule has 0 amide bonds. The van der Waals surface area contributed by atoms with Gasteiger partial charge in [0.05, 0.1) is 12.2 Å². The summed E-state index contributed by atoms with van der Waals surface area (Å²) in [5.41, 5.74) is 0. The Morgan fingerprint density at radius 1 is 1.44 bits per heavy atom. The van der Waals surface area contributed by atoms with E-state index in [9.17, 15) is 13.2 Å². The van der Waals surface area contributed by atoms with Crippen molar-refractivity contribution in [3.8, 4) is 0 Å². The van der Waals surface area contributed by atoms with Crippen LogP contribution in [-0.2, 0) is 14.8 Å². The first kappa shape index (κ1) is 13.4. The van der Waals surface area contributed by atoms with Crippen LogP contribution in [0.5, 0.6) is 0 Å².